The van der Waals surface area contributed by atoms with Crippen molar-refractivity contribution in [3.63, 3.8) is 0 Å². The van der Waals surface area contributed by atoms with Crippen LogP contribution in [0.15, 0.2) is 28.7 Å². The van der Waals surface area contributed by atoms with Crippen molar-refractivity contribution < 1.29 is 4.74 Å². The molecule has 2 aromatic heterocycles. The van der Waals surface area contributed by atoms with E-state index in [-0.39, 0.29) is 17.7 Å². The van der Waals surface area contributed by atoms with Gasteiger partial charge in [-0.2, -0.15) is 0 Å². The number of aromatic nitrogens is 1. The molecule has 7 nitrogen and oxygen atoms in total. The molecule has 1 saturated carbocycles. The summed E-state index contributed by atoms with van der Waals surface area (Å²) in [5.41, 5.74) is 10.1. The van der Waals surface area contributed by atoms with Gasteiger partial charge in [-0.25, -0.2) is 9.98 Å². The number of fused-ring (bicyclic) bond motifs is 1. The van der Waals surface area contributed by atoms with Crippen LogP contribution in [0.3, 0.4) is 0 Å². The second kappa shape index (κ2) is 6.93. The van der Waals surface area contributed by atoms with Crippen LogP contribution in [0, 0.1) is 6.92 Å². The van der Waals surface area contributed by atoms with Crippen molar-refractivity contribution in [1.29, 1.82) is 0 Å². The highest BCUT2D eigenvalue weighted by Crippen LogP contribution is 2.40. The van der Waals surface area contributed by atoms with Gasteiger partial charge in [0.05, 0.1) is 17.8 Å². The molecule has 8 heteroatoms. The van der Waals surface area contributed by atoms with Crippen LogP contribution in [0.4, 0.5) is 10.8 Å². The number of anilines is 2. The third-order valence-corrected chi connectivity index (χ3v) is 7.17. The summed E-state index contributed by atoms with van der Waals surface area (Å²) < 4.78 is 5.84. The first-order chi connectivity index (χ1) is 14.2. The molecule has 1 unspecified atom stereocenters. The first-order valence-corrected chi connectivity index (χ1v) is 11.5. The second-order valence-corrected chi connectivity index (χ2v) is 10.1. The lowest BCUT2D eigenvalue weighted by Gasteiger charge is -2.37. The molecule has 1 aliphatic carbocycles. The van der Waals surface area contributed by atoms with Crippen LogP contribution >= 0.6 is 11.3 Å². The van der Waals surface area contributed by atoms with Gasteiger partial charge in [-0.15, -0.1) is 11.3 Å². The number of aliphatic imine (C=N–C) groups is 1. The van der Waals surface area contributed by atoms with E-state index in [1.54, 1.807) is 11.3 Å². The van der Waals surface area contributed by atoms with Gasteiger partial charge in [0.1, 0.15) is 16.7 Å². The Morgan fingerprint density at radius 1 is 1.27 bits per heavy atom. The molecule has 0 aromatic carbocycles. The lowest BCUT2D eigenvalue weighted by molar-refractivity contribution is -0.00546. The Morgan fingerprint density at radius 2 is 2.00 bits per heavy atom. The van der Waals surface area contributed by atoms with E-state index in [1.807, 2.05) is 18.3 Å². The Labute approximate surface area is 181 Å². The molecule has 0 spiro atoms. The van der Waals surface area contributed by atoms with E-state index in [2.05, 4.69) is 48.6 Å². The summed E-state index contributed by atoms with van der Waals surface area (Å²) in [5.74, 6) is 0.778. The first-order valence-electron chi connectivity index (χ1n) is 10.7. The van der Waals surface area contributed by atoms with Crippen LogP contribution in [0.5, 0.6) is 0 Å². The number of hydrogen-bond donors (Lipinski definition) is 3. The standard InChI is InChI=1S/C22H30N6OS/c1-13-12-30-20-18(13)19(25-21(4)7-8-21)26-22(23,27-20)16-5-6-17(24-9-16)28-10-14(2)29-15(3)11-28/h5-6,9,12,14-15,27H,7-8,10-11,23H2,1-4H3,(H,25,26)/t14-,15+,22?. The Kier molecular flexibility index (Phi) is 4.57. The van der Waals surface area contributed by atoms with E-state index in [0.717, 1.165) is 53.7 Å². The summed E-state index contributed by atoms with van der Waals surface area (Å²) in [6.07, 6.45) is 4.54. The predicted octanol–water partition coefficient (Wildman–Crippen LogP) is 3.15. The fraction of sp³-hybridized carbons (Fsp3) is 0.545. The molecule has 160 valence electrons. The first kappa shape index (κ1) is 19.8. The third-order valence-electron chi connectivity index (χ3n) is 6.16. The Hall–Kier alpha value is -2.16. The number of morpholine rings is 1. The number of ether oxygens (including phenoxy) is 1. The molecule has 0 bridgehead atoms. The van der Waals surface area contributed by atoms with Crippen LogP contribution in [-0.2, 0) is 10.5 Å². The van der Waals surface area contributed by atoms with E-state index in [4.69, 9.17) is 20.4 Å². The average Bonchev–Trinajstić information content (AvgIpc) is 3.30. The average molecular weight is 427 g/mol. The smallest absolute Gasteiger partial charge is 0.213 e. The van der Waals surface area contributed by atoms with Gasteiger partial charge in [-0.3, -0.25) is 5.73 Å². The summed E-state index contributed by atoms with van der Waals surface area (Å²) in [4.78, 5) is 12.0. The lowest BCUT2D eigenvalue weighted by atomic mass is 10.1. The van der Waals surface area contributed by atoms with Crippen molar-refractivity contribution in [2.24, 2.45) is 10.7 Å². The number of pyridine rings is 1. The van der Waals surface area contributed by atoms with Gasteiger partial charge in [-0.05, 0) is 63.6 Å². The highest BCUT2D eigenvalue weighted by Gasteiger charge is 2.42. The van der Waals surface area contributed by atoms with Crippen LogP contribution in [-0.4, -0.2) is 41.7 Å². The Balaban J connectivity index is 1.45. The van der Waals surface area contributed by atoms with Gasteiger partial charge in [0.2, 0.25) is 5.79 Å². The van der Waals surface area contributed by atoms with Gasteiger partial charge in [0.25, 0.3) is 0 Å². The maximum Gasteiger partial charge on any atom is 0.213 e. The summed E-state index contributed by atoms with van der Waals surface area (Å²) in [6, 6.07) is 4.07. The third kappa shape index (κ3) is 3.57. The van der Waals surface area contributed by atoms with Crippen molar-refractivity contribution in [2.75, 3.05) is 23.3 Å². The maximum atomic E-state index is 6.80. The molecule has 3 atom stereocenters. The van der Waals surface area contributed by atoms with Crippen molar-refractivity contribution in [1.82, 2.24) is 10.3 Å². The van der Waals surface area contributed by atoms with Crippen LogP contribution in [0.25, 0.3) is 0 Å². The van der Waals surface area contributed by atoms with Gasteiger partial charge >= 0.3 is 0 Å². The molecule has 4 N–H and O–H groups in total. The zero-order valence-electron chi connectivity index (χ0n) is 18.0. The molecule has 30 heavy (non-hydrogen) atoms. The van der Waals surface area contributed by atoms with Gasteiger partial charge < -0.3 is 20.3 Å². The van der Waals surface area contributed by atoms with Crippen LogP contribution in [0.2, 0.25) is 0 Å². The minimum Gasteiger partial charge on any atom is -0.372 e. The van der Waals surface area contributed by atoms with E-state index in [0.29, 0.717) is 0 Å². The normalized spacial score (nSPS) is 29.6. The fourth-order valence-corrected chi connectivity index (χ4v) is 5.26. The lowest BCUT2D eigenvalue weighted by Crippen LogP contribution is -2.49. The SMILES string of the molecule is Cc1csc2c1C(NC1(C)CC1)=NC(N)(c1ccc(N3C[C@@H](C)O[C@@H](C)C3)nc1)N2. The summed E-state index contributed by atoms with van der Waals surface area (Å²) in [6.45, 7) is 10.2. The highest BCUT2D eigenvalue weighted by atomic mass is 32.1. The number of nitrogens with zero attached hydrogens (tertiary/aromatic N) is 3. The minimum absolute atomic E-state index is 0.120. The van der Waals surface area contributed by atoms with E-state index in [9.17, 15) is 0 Å². The Bertz CT molecular complexity index is 972. The van der Waals surface area contributed by atoms with E-state index in [1.165, 1.54) is 5.56 Å². The molecule has 0 amide bonds. The molecule has 1 saturated heterocycles. The quantitative estimate of drug-likeness (QED) is 0.699. The largest absolute Gasteiger partial charge is 0.372 e. The summed E-state index contributed by atoms with van der Waals surface area (Å²) in [7, 11) is 0. The second-order valence-electron chi connectivity index (χ2n) is 9.23. The molecule has 3 aliphatic rings. The molecule has 2 aliphatic heterocycles. The van der Waals surface area contributed by atoms with E-state index >= 15 is 0 Å². The van der Waals surface area contributed by atoms with Crippen molar-refractivity contribution in [3.05, 3.63) is 40.4 Å². The fourth-order valence-electron chi connectivity index (χ4n) is 4.25. The van der Waals surface area contributed by atoms with Crippen molar-refractivity contribution >= 4 is 28.0 Å². The number of nitrogens with one attached hydrogen (secondary N) is 2. The number of rotatable bonds is 3. The van der Waals surface area contributed by atoms with Gasteiger partial charge in [0.15, 0.2) is 0 Å². The number of aryl methyl sites for hydroxylation is 1. The summed E-state index contributed by atoms with van der Waals surface area (Å²) in [5, 5.41) is 10.3. The van der Waals surface area contributed by atoms with Crippen LogP contribution in [0.1, 0.15) is 50.3 Å². The van der Waals surface area contributed by atoms with Crippen molar-refractivity contribution in [2.45, 2.75) is 64.1 Å². The zero-order valence-corrected chi connectivity index (χ0v) is 18.8. The molecular formula is C22H30N6OS. The maximum absolute atomic E-state index is 6.80. The molecule has 4 heterocycles. The molecule has 0 radical (unpaired) electrons. The highest BCUT2D eigenvalue weighted by molar-refractivity contribution is 7.14. The number of amidine groups is 1. The van der Waals surface area contributed by atoms with E-state index < -0.39 is 5.79 Å². The predicted molar refractivity (Wildman–Crippen MR) is 122 cm³/mol. The summed E-state index contributed by atoms with van der Waals surface area (Å²) >= 11 is 1.67. The monoisotopic (exact) mass is 426 g/mol. The topological polar surface area (TPSA) is 87.8 Å². The number of nitrogens with two attached hydrogens (primary N) is 1. The Morgan fingerprint density at radius 3 is 2.63 bits per heavy atom. The van der Waals surface area contributed by atoms with Crippen molar-refractivity contribution in [3.8, 4) is 0 Å². The zero-order chi connectivity index (χ0) is 21.1. The molecule has 2 aromatic rings. The minimum atomic E-state index is -1.05. The molecular weight excluding hydrogens is 396 g/mol. The van der Waals surface area contributed by atoms with Crippen LogP contribution < -0.4 is 21.3 Å². The van der Waals surface area contributed by atoms with Gasteiger partial charge in [0, 0.05) is 30.4 Å². The van der Waals surface area contributed by atoms with Gasteiger partial charge in [-0.1, -0.05) is 0 Å². The number of thiophene rings is 1. The molecule has 5 rings (SSSR count). The molecule has 2 fully saturated rings. The number of hydrogen-bond acceptors (Lipinski definition) is 8.